The maximum atomic E-state index is 13.3. The zero-order valence-corrected chi connectivity index (χ0v) is 20.9. The molecule has 1 fully saturated rings. The van der Waals surface area contributed by atoms with Crippen LogP contribution in [-0.2, 0) is 21.2 Å². The minimum atomic E-state index is -3.45. The van der Waals surface area contributed by atoms with Gasteiger partial charge >= 0.3 is 0 Å². The van der Waals surface area contributed by atoms with Crippen LogP contribution in [0.25, 0.3) is 11.0 Å². The van der Waals surface area contributed by atoms with Gasteiger partial charge in [-0.25, -0.2) is 18.4 Å². The lowest BCUT2D eigenvalue weighted by atomic mass is 10.1. The fraction of sp³-hybridized carbons (Fsp3) is 0.423. The SMILES string of the molecule is CN1CCCN(C(=O)CCc2ccc(S(=O)(=O)N3CCCCC3)cc2)c2nc3ccccc3nc21. The summed E-state index contributed by atoms with van der Waals surface area (Å²) in [6, 6.07) is 14.7. The van der Waals surface area contributed by atoms with Gasteiger partial charge in [-0.15, -0.1) is 0 Å². The van der Waals surface area contributed by atoms with Gasteiger partial charge in [-0.3, -0.25) is 9.69 Å². The number of benzene rings is 2. The van der Waals surface area contributed by atoms with E-state index in [2.05, 4.69) is 4.90 Å². The molecule has 1 aromatic heterocycles. The summed E-state index contributed by atoms with van der Waals surface area (Å²) in [5.41, 5.74) is 2.52. The van der Waals surface area contributed by atoms with Gasteiger partial charge in [0.25, 0.3) is 0 Å². The summed E-state index contributed by atoms with van der Waals surface area (Å²) in [5, 5.41) is 0. The van der Waals surface area contributed by atoms with Gasteiger partial charge < -0.3 is 4.90 Å². The summed E-state index contributed by atoms with van der Waals surface area (Å²) < 4.78 is 27.4. The maximum Gasteiger partial charge on any atom is 0.243 e. The normalized spacial score (nSPS) is 17.3. The van der Waals surface area contributed by atoms with E-state index in [4.69, 9.17) is 9.97 Å². The smallest absolute Gasteiger partial charge is 0.243 e. The van der Waals surface area contributed by atoms with Crippen molar-refractivity contribution in [3.63, 3.8) is 0 Å². The molecule has 0 unspecified atom stereocenters. The minimum absolute atomic E-state index is 0.00357. The van der Waals surface area contributed by atoms with Crippen LogP contribution in [0.4, 0.5) is 11.6 Å². The first kappa shape index (κ1) is 23.7. The van der Waals surface area contributed by atoms with Crippen LogP contribution in [0.1, 0.15) is 37.7 Å². The van der Waals surface area contributed by atoms with E-state index in [1.165, 1.54) is 0 Å². The quantitative estimate of drug-likeness (QED) is 0.540. The van der Waals surface area contributed by atoms with Crippen LogP contribution in [0.15, 0.2) is 53.4 Å². The lowest BCUT2D eigenvalue weighted by Gasteiger charge is -2.26. The van der Waals surface area contributed by atoms with E-state index in [0.717, 1.165) is 54.6 Å². The zero-order chi connectivity index (χ0) is 24.4. The number of sulfonamides is 1. The van der Waals surface area contributed by atoms with Crippen LogP contribution in [-0.4, -0.2) is 61.8 Å². The number of amides is 1. The number of para-hydroxylation sites is 2. The van der Waals surface area contributed by atoms with Gasteiger partial charge in [0, 0.05) is 39.6 Å². The molecular weight excluding hydrogens is 462 g/mol. The molecule has 0 bridgehead atoms. The van der Waals surface area contributed by atoms with E-state index < -0.39 is 10.0 Å². The number of rotatable bonds is 5. The Labute approximate surface area is 206 Å². The van der Waals surface area contributed by atoms with Crippen molar-refractivity contribution < 1.29 is 13.2 Å². The van der Waals surface area contributed by atoms with Gasteiger partial charge in [-0.1, -0.05) is 30.7 Å². The van der Waals surface area contributed by atoms with E-state index in [-0.39, 0.29) is 5.91 Å². The Hall–Kier alpha value is -3.04. The van der Waals surface area contributed by atoms with Crippen LogP contribution in [0, 0.1) is 0 Å². The highest BCUT2D eigenvalue weighted by atomic mass is 32.2. The van der Waals surface area contributed by atoms with Crippen molar-refractivity contribution in [1.82, 2.24) is 14.3 Å². The zero-order valence-electron chi connectivity index (χ0n) is 20.1. The third-order valence-electron chi connectivity index (χ3n) is 6.83. The van der Waals surface area contributed by atoms with Crippen molar-refractivity contribution in [2.24, 2.45) is 0 Å². The second-order valence-corrected chi connectivity index (χ2v) is 11.2. The number of hydrogen-bond acceptors (Lipinski definition) is 6. The molecule has 2 aromatic carbocycles. The van der Waals surface area contributed by atoms with Gasteiger partial charge in [0.1, 0.15) is 0 Å². The minimum Gasteiger partial charge on any atom is -0.357 e. The van der Waals surface area contributed by atoms with Crippen molar-refractivity contribution in [1.29, 1.82) is 0 Å². The van der Waals surface area contributed by atoms with E-state index in [0.29, 0.717) is 43.2 Å². The first-order valence-electron chi connectivity index (χ1n) is 12.3. The summed E-state index contributed by atoms with van der Waals surface area (Å²) in [7, 11) is -1.47. The van der Waals surface area contributed by atoms with Crippen LogP contribution >= 0.6 is 0 Å². The number of hydrogen-bond donors (Lipinski definition) is 0. The standard InChI is InChI=1S/C26H31N5O3S/c1-29-16-7-19-31(26-25(29)27-22-8-3-4-9-23(22)28-26)24(32)15-12-20-10-13-21(14-11-20)35(33,34)30-17-5-2-6-18-30/h3-4,8-11,13-14H,2,5-7,12,15-19H2,1H3. The highest BCUT2D eigenvalue weighted by molar-refractivity contribution is 7.89. The molecule has 0 saturated carbocycles. The van der Waals surface area contributed by atoms with Gasteiger partial charge in [0.2, 0.25) is 15.9 Å². The molecule has 3 aromatic rings. The van der Waals surface area contributed by atoms with E-state index in [1.54, 1.807) is 21.3 Å². The molecular formula is C26H31N5O3S. The molecule has 0 atom stereocenters. The number of aromatic nitrogens is 2. The number of fused-ring (bicyclic) bond motifs is 2. The van der Waals surface area contributed by atoms with Gasteiger partial charge in [-0.05, 0) is 55.5 Å². The Morgan fingerprint density at radius 2 is 1.49 bits per heavy atom. The predicted molar refractivity (Wildman–Crippen MR) is 137 cm³/mol. The van der Waals surface area contributed by atoms with Gasteiger partial charge in [0.15, 0.2) is 11.6 Å². The van der Waals surface area contributed by atoms with E-state index in [9.17, 15) is 13.2 Å². The van der Waals surface area contributed by atoms with Gasteiger partial charge in [0.05, 0.1) is 15.9 Å². The topological polar surface area (TPSA) is 86.7 Å². The molecule has 35 heavy (non-hydrogen) atoms. The Kier molecular flexibility index (Phi) is 6.71. The Morgan fingerprint density at radius 3 is 2.17 bits per heavy atom. The number of anilines is 2. The maximum absolute atomic E-state index is 13.3. The van der Waals surface area contributed by atoms with Gasteiger partial charge in [-0.2, -0.15) is 4.31 Å². The number of piperidine rings is 1. The first-order valence-corrected chi connectivity index (χ1v) is 13.7. The number of carbonyl (C=O) groups is 1. The summed E-state index contributed by atoms with van der Waals surface area (Å²) in [4.78, 5) is 27.0. The molecule has 1 amide bonds. The molecule has 2 aliphatic heterocycles. The molecule has 3 heterocycles. The monoisotopic (exact) mass is 493 g/mol. The van der Waals surface area contributed by atoms with Crippen LogP contribution in [0.3, 0.4) is 0 Å². The summed E-state index contributed by atoms with van der Waals surface area (Å²) in [6.07, 6.45) is 4.59. The molecule has 184 valence electrons. The fourth-order valence-corrected chi connectivity index (χ4v) is 6.32. The molecule has 0 aliphatic carbocycles. The van der Waals surface area contributed by atoms with E-state index in [1.807, 2.05) is 43.4 Å². The Balaban J connectivity index is 1.30. The summed E-state index contributed by atoms with van der Waals surface area (Å²) >= 11 is 0. The molecule has 8 nitrogen and oxygen atoms in total. The average Bonchev–Trinajstić information content (AvgIpc) is 3.05. The van der Waals surface area contributed by atoms with Crippen molar-refractivity contribution in [3.05, 3.63) is 54.1 Å². The Bertz CT molecular complexity index is 1320. The largest absolute Gasteiger partial charge is 0.357 e. The highest BCUT2D eigenvalue weighted by Crippen LogP contribution is 2.30. The molecule has 1 saturated heterocycles. The molecule has 0 spiro atoms. The number of aryl methyl sites for hydroxylation is 1. The van der Waals surface area contributed by atoms with Crippen molar-refractivity contribution in [2.45, 2.75) is 43.4 Å². The first-order chi connectivity index (χ1) is 16.9. The molecule has 0 radical (unpaired) electrons. The molecule has 5 rings (SSSR count). The van der Waals surface area contributed by atoms with Crippen molar-refractivity contribution in [3.8, 4) is 0 Å². The lowest BCUT2D eigenvalue weighted by Crippen LogP contribution is -2.35. The van der Waals surface area contributed by atoms with Crippen LogP contribution in [0.2, 0.25) is 0 Å². The predicted octanol–water partition coefficient (Wildman–Crippen LogP) is 3.61. The number of nitrogens with zero attached hydrogens (tertiary/aromatic N) is 5. The summed E-state index contributed by atoms with van der Waals surface area (Å²) in [5.74, 6) is 1.33. The fourth-order valence-electron chi connectivity index (χ4n) is 4.81. The highest BCUT2D eigenvalue weighted by Gasteiger charge is 2.27. The van der Waals surface area contributed by atoms with Crippen LogP contribution < -0.4 is 9.80 Å². The second-order valence-electron chi connectivity index (χ2n) is 9.29. The third kappa shape index (κ3) is 4.88. The van der Waals surface area contributed by atoms with Crippen LogP contribution in [0.5, 0.6) is 0 Å². The van der Waals surface area contributed by atoms with E-state index >= 15 is 0 Å². The molecule has 9 heteroatoms. The van der Waals surface area contributed by atoms with Crippen molar-refractivity contribution >= 4 is 38.6 Å². The lowest BCUT2D eigenvalue weighted by molar-refractivity contribution is -0.118. The molecule has 2 aliphatic rings. The number of carbonyl (C=O) groups excluding carboxylic acids is 1. The molecule has 0 N–H and O–H groups in total. The summed E-state index contributed by atoms with van der Waals surface area (Å²) in [6.45, 7) is 2.57. The average molecular weight is 494 g/mol. The Morgan fingerprint density at radius 1 is 0.829 bits per heavy atom. The van der Waals surface area contributed by atoms with Crippen molar-refractivity contribution in [2.75, 3.05) is 43.0 Å². The second kappa shape index (κ2) is 9.91. The third-order valence-corrected chi connectivity index (χ3v) is 8.74.